The molecule has 0 heterocycles. The van der Waals surface area contributed by atoms with Crippen molar-refractivity contribution >= 4 is 11.1 Å². The summed E-state index contributed by atoms with van der Waals surface area (Å²) in [6, 6.07) is 8.30. The van der Waals surface area contributed by atoms with Crippen LogP contribution in [0, 0.1) is 0 Å². The molecule has 1 aliphatic rings. The third-order valence-corrected chi connectivity index (χ3v) is 2.12. The molecule has 0 nitrogen and oxygen atoms in total. The van der Waals surface area contributed by atoms with E-state index in [2.05, 4.69) is 25.3 Å². The van der Waals surface area contributed by atoms with Crippen LogP contribution in [0.15, 0.2) is 37.4 Å². The van der Waals surface area contributed by atoms with Gasteiger partial charge in [0.15, 0.2) is 0 Å². The highest BCUT2D eigenvalue weighted by Gasteiger charge is 2.15. The lowest BCUT2D eigenvalue weighted by atomic mass is 10.1. The van der Waals surface area contributed by atoms with Crippen LogP contribution in [0.25, 0.3) is 11.1 Å². The second kappa shape index (κ2) is 2.09. The Hall–Kier alpha value is -1.30. The Labute approximate surface area is 66.9 Å². The van der Waals surface area contributed by atoms with Crippen molar-refractivity contribution in [1.29, 1.82) is 0 Å². The highest BCUT2D eigenvalue weighted by molar-refractivity contribution is 5.90. The largest absolute Gasteiger partial charge is 0.0949 e. The molecule has 0 aromatic heterocycles. The highest BCUT2D eigenvalue weighted by Crippen LogP contribution is 2.37. The van der Waals surface area contributed by atoms with Gasteiger partial charge in [0.25, 0.3) is 0 Å². The number of benzene rings is 1. The third-order valence-electron chi connectivity index (χ3n) is 2.12. The lowest BCUT2D eigenvalue weighted by Crippen LogP contribution is -1.76. The SMILES string of the molecule is C=C1CC(=C)c2ccccc21. The summed E-state index contributed by atoms with van der Waals surface area (Å²) in [6.45, 7) is 7.97. The van der Waals surface area contributed by atoms with Gasteiger partial charge in [0, 0.05) is 0 Å². The third kappa shape index (κ3) is 0.829. The molecule has 0 aliphatic heterocycles. The minimum atomic E-state index is 0.944. The van der Waals surface area contributed by atoms with Gasteiger partial charge >= 0.3 is 0 Å². The Morgan fingerprint density at radius 1 is 0.909 bits per heavy atom. The molecule has 54 valence electrons. The molecule has 0 spiro atoms. The van der Waals surface area contributed by atoms with E-state index >= 15 is 0 Å². The van der Waals surface area contributed by atoms with Gasteiger partial charge in [0.1, 0.15) is 0 Å². The molecule has 0 saturated carbocycles. The van der Waals surface area contributed by atoms with E-state index in [0.29, 0.717) is 0 Å². The summed E-state index contributed by atoms with van der Waals surface area (Å²) in [4.78, 5) is 0. The number of hydrogen-bond donors (Lipinski definition) is 0. The summed E-state index contributed by atoms with van der Waals surface area (Å²) in [5.41, 5.74) is 4.95. The molecule has 2 rings (SSSR count). The minimum absolute atomic E-state index is 0.944. The van der Waals surface area contributed by atoms with Gasteiger partial charge in [0.05, 0.1) is 0 Å². The molecule has 0 heteroatoms. The van der Waals surface area contributed by atoms with E-state index in [9.17, 15) is 0 Å². The van der Waals surface area contributed by atoms with E-state index in [-0.39, 0.29) is 0 Å². The van der Waals surface area contributed by atoms with Gasteiger partial charge in [-0.05, 0) is 28.7 Å². The van der Waals surface area contributed by atoms with Gasteiger partial charge in [0.2, 0.25) is 0 Å². The minimum Gasteiger partial charge on any atom is -0.0949 e. The van der Waals surface area contributed by atoms with Crippen molar-refractivity contribution < 1.29 is 0 Å². The molecule has 0 N–H and O–H groups in total. The second-order valence-electron chi connectivity index (χ2n) is 2.93. The number of rotatable bonds is 0. The van der Waals surface area contributed by atoms with Gasteiger partial charge < -0.3 is 0 Å². The zero-order valence-electron chi connectivity index (χ0n) is 6.43. The first-order valence-corrected chi connectivity index (χ1v) is 3.74. The number of fused-ring (bicyclic) bond motifs is 1. The second-order valence-corrected chi connectivity index (χ2v) is 2.93. The fourth-order valence-electron chi connectivity index (χ4n) is 1.55. The van der Waals surface area contributed by atoms with E-state index < -0.39 is 0 Å². The summed E-state index contributed by atoms with van der Waals surface area (Å²) in [7, 11) is 0. The van der Waals surface area contributed by atoms with Crippen molar-refractivity contribution in [1.82, 2.24) is 0 Å². The van der Waals surface area contributed by atoms with Crippen molar-refractivity contribution in [2.45, 2.75) is 6.42 Å². The Balaban J connectivity index is 2.69. The predicted octanol–water partition coefficient (Wildman–Crippen LogP) is 3.12. The standard InChI is InChI=1S/C11H10/c1-8-7-9(2)11-6-4-3-5-10(8)11/h3-6H,1-2,7H2. The average molecular weight is 142 g/mol. The predicted molar refractivity (Wildman–Crippen MR) is 49.1 cm³/mol. The van der Waals surface area contributed by atoms with Gasteiger partial charge in [-0.25, -0.2) is 0 Å². The number of allylic oxidation sites excluding steroid dienone is 2. The Bertz CT molecular complexity index is 299. The van der Waals surface area contributed by atoms with Gasteiger partial charge in [-0.2, -0.15) is 0 Å². The molecule has 1 aromatic rings. The molecule has 0 unspecified atom stereocenters. The Kier molecular flexibility index (Phi) is 1.22. The molecule has 0 bridgehead atoms. The fraction of sp³-hybridized carbons (Fsp3) is 0.0909. The van der Waals surface area contributed by atoms with Crippen LogP contribution in [0.2, 0.25) is 0 Å². The topological polar surface area (TPSA) is 0 Å². The molecule has 0 atom stereocenters. The summed E-state index contributed by atoms with van der Waals surface area (Å²) in [6.07, 6.45) is 0.944. The molecule has 0 amide bonds. The molecule has 1 aliphatic carbocycles. The molecule has 11 heavy (non-hydrogen) atoms. The van der Waals surface area contributed by atoms with Crippen molar-refractivity contribution in [2.24, 2.45) is 0 Å². The van der Waals surface area contributed by atoms with Crippen LogP contribution in [-0.2, 0) is 0 Å². The Morgan fingerprint density at radius 3 is 1.82 bits per heavy atom. The van der Waals surface area contributed by atoms with E-state index in [1.165, 1.54) is 22.3 Å². The average Bonchev–Trinajstić information content (AvgIpc) is 2.30. The van der Waals surface area contributed by atoms with Gasteiger partial charge in [-0.1, -0.05) is 37.4 Å². The molecule has 1 aromatic carbocycles. The molecular formula is C11H10. The van der Waals surface area contributed by atoms with Crippen LogP contribution in [-0.4, -0.2) is 0 Å². The highest BCUT2D eigenvalue weighted by atomic mass is 14.2. The summed E-state index contributed by atoms with van der Waals surface area (Å²) < 4.78 is 0. The van der Waals surface area contributed by atoms with Crippen LogP contribution < -0.4 is 0 Å². The normalized spacial score (nSPS) is 15.3. The van der Waals surface area contributed by atoms with E-state index in [0.717, 1.165) is 6.42 Å². The molecule has 0 saturated heterocycles. The first-order chi connectivity index (χ1) is 5.29. The van der Waals surface area contributed by atoms with Gasteiger partial charge in [-0.15, -0.1) is 0 Å². The zero-order valence-corrected chi connectivity index (χ0v) is 6.43. The first-order valence-electron chi connectivity index (χ1n) is 3.74. The Morgan fingerprint density at radius 2 is 1.36 bits per heavy atom. The van der Waals surface area contributed by atoms with Crippen LogP contribution in [0.4, 0.5) is 0 Å². The molecule has 0 fully saturated rings. The smallest absolute Gasteiger partial charge is 0.00252 e. The van der Waals surface area contributed by atoms with Crippen molar-refractivity contribution in [3.05, 3.63) is 48.6 Å². The van der Waals surface area contributed by atoms with Crippen LogP contribution in [0.3, 0.4) is 0 Å². The lowest BCUT2D eigenvalue weighted by Gasteiger charge is -1.96. The number of hydrogen-bond acceptors (Lipinski definition) is 0. The molecular weight excluding hydrogens is 132 g/mol. The molecule has 0 radical (unpaired) electrons. The van der Waals surface area contributed by atoms with Crippen molar-refractivity contribution in [3.63, 3.8) is 0 Å². The summed E-state index contributed by atoms with van der Waals surface area (Å²) >= 11 is 0. The van der Waals surface area contributed by atoms with Crippen molar-refractivity contribution in [3.8, 4) is 0 Å². The first kappa shape index (κ1) is 6.41. The van der Waals surface area contributed by atoms with Crippen molar-refractivity contribution in [2.75, 3.05) is 0 Å². The summed E-state index contributed by atoms with van der Waals surface area (Å²) in [5.74, 6) is 0. The van der Waals surface area contributed by atoms with Crippen LogP contribution >= 0.6 is 0 Å². The maximum absolute atomic E-state index is 3.99. The van der Waals surface area contributed by atoms with Crippen LogP contribution in [0.5, 0.6) is 0 Å². The summed E-state index contributed by atoms with van der Waals surface area (Å²) in [5, 5.41) is 0. The van der Waals surface area contributed by atoms with E-state index in [1.54, 1.807) is 0 Å². The lowest BCUT2D eigenvalue weighted by molar-refractivity contribution is 1.54. The van der Waals surface area contributed by atoms with E-state index in [1.807, 2.05) is 12.1 Å². The van der Waals surface area contributed by atoms with Gasteiger partial charge in [-0.3, -0.25) is 0 Å². The zero-order chi connectivity index (χ0) is 7.84. The fourth-order valence-corrected chi connectivity index (χ4v) is 1.55. The monoisotopic (exact) mass is 142 g/mol. The quantitative estimate of drug-likeness (QED) is 0.522. The maximum Gasteiger partial charge on any atom is -0.00252 e. The van der Waals surface area contributed by atoms with E-state index in [4.69, 9.17) is 0 Å². The maximum atomic E-state index is 3.99. The van der Waals surface area contributed by atoms with Crippen LogP contribution in [0.1, 0.15) is 17.5 Å².